The lowest BCUT2D eigenvalue weighted by molar-refractivity contribution is 0.102. The largest absolute Gasteiger partial charge is 0.320 e. The van der Waals surface area contributed by atoms with Crippen molar-refractivity contribution in [2.75, 3.05) is 17.9 Å². The average Bonchev–Trinajstić information content (AvgIpc) is 2.65. The highest BCUT2D eigenvalue weighted by molar-refractivity contribution is 9.10. The molecule has 1 amide bonds. The lowest BCUT2D eigenvalue weighted by Gasteiger charge is -2.12. The van der Waals surface area contributed by atoms with Crippen LogP contribution in [0.25, 0.3) is 11.1 Å². The maximum Gasteiger partial charge on any atom is 0.255 e. The molecule has 0 bridgehead atoms. The normalized spacial score (nSPS) is 10.3. The molecule has 0 radical (unpaired) electrons. The highest BCUT2D eigenvalue weighted by atomic mass is 79.9. The van der Waals surface area contributed by atoms with Crippen LogP contribution in [0.5, 0.6) is 0 Å². The van der Waals surface area contributed by atoms with E-state index in [0.717, 1.165) is 15.6 Å². The molecule has 3 aromatic rings. The molecule has 2 N–H and O–H groups in total. The van der Waals surface area contributed by atoms with Crippen LogP contribution in [0.4, 0.5) is 11.4 Å². The smallest absolute Gasteiger partial charge is 0.255 e. The van der Waals surface area contributed by atoms with Crippen molar-refractivity contribution in [1.82, 2.24) is 0 Å². The van der Waals surface area contributed by atoms with Gasteiger partial charge >= 0.3 is 0 Å². The van der Waals surface area contributed by atoms with Crippen LogP contribution in [0.1, 0.15) is 10.4 Å². The number of amides is 1. The molecule has 3 aromatic carbocycles. The van der Waals surface area contributed by atoms with Crippen LogP contribution in [0.15, 0.2) is 77.3 Å². The number of halogens is 1. The Morgan fingerprint density at radius 3 is 2.24 bits per heavy atom. The Hall–Kier alpha value is -2.63. The Balaban J connectivity index is 1.78. The number of anilines is 2. The number of nitrogens with one attached hydrogen (secondary N) is 2. The van der Waals surface area contributed by atoms with Crippen molar-refractivity contribution in [3.63, 3.8) is 0 Å². The number of hydrogen-bond acceptors (Lipinski definition) is 3. The maximum absolute atomic E-state index is 12.5. The van der Waals surface area contributed by atoms with Gasteiger partial charge < -0.3 is 5.32 Å². The first-order chi connectivity index (χ1) is 12.2. The van der Waals surface area contributed by atoms with Gasteiger partial charge in [0.25, 0.3) is 5.91 Å². The van der Waals surface area contributed by atoms with Crippen LogP contribution in [-0.2, 0) is 4.84 Å². The van der Waals surface area contributed by atoms with Gasteiger partial charge in [0.05, 0.1) is 18.5 Å². The Labute approximate surface area is 154 Å². The topological polar surface area (TPSA) is 50.4 Å². The Morgan fingerprint density at radius 1 is 0.880 bits per heavy atom. The van der Waals surface area contributed by atoms with Gasteiger partial charge in [-0.1, -0.05) is 58.4 Å². The molecular formula is C20H17BrN2O2. The minimum Gasteiger partial charge on any atom is -0.320 e. The number of carbonyl (C=O) groups is 1. The molecule has 0 aliphatic rings. The summed E-state index contributed by atoms with van der Waals surface area (Å²) in [7, 11) is 1.52. The molecule has 0 fully saturated rings. The summed E-state index contributed by atoms with van der Waals surface area (Å²) in [5, 5.41) is 2.90. The van der Waals surface area contributed by atoms with Crippen LogP contribution < -0.4 is 10.8 Å². The van der Waals surface area contributed by atoms with Crippen LogP contribution in [0.3, 0.4) is 0 Å². The van der Waals surface area contributed by atoms with Crippen LogP contribution in [0, 0.1) is 0 Å². The fraction of sp³-hybridized carbons (Fsp3) is 0.0500. The molecule has 5 heteroatoms. The third kappa shape index (κ3) is 4.26. The predicted molar refractivity (Wildman–Crippen MR) is 105 cm³/mol. The van der Waals surface area contributed by atoms with Crippen molar-refractivity contribution in [3.05, 3.63) is 82.8 Å². The van der Waals surface area contributed by atoms with Crippen molar-refractivity contribution in [2.45, 2.75) is 0 Å². The molecule has 0 atom stereocenters. The fourth-order valence-electron chi connectivity index (χ4n) is 2.46. The molecular weight excluding hydrogens is 380 g/mol. The summed E-state index contributed by atoms with van der Waals surface area (Å²) in [4.78, 5) is 17.5. The van der Waals surface area contributed by atoms with E-state index in [1.54, 1.807) is 0 Å². The zero-order chi connectivity index (χ0) is 17.6. The standard InChI is InChI=1S/C20H17BrN2O2/c1-25-23-19-13-17(21)11-12-18(19)22-20(24)16-9-7-15(8-10-16)14-5-3-2-4-6-14/h2-13,23H,1H3,(H,22,24). The molecule has 0 saturated heterocycles. The van der Waals surface area contributed by atoms with Crippen LogP contribution in [0.2, 0.25) is 0 Å². The van der Waals surface area contributed by atoms with Gasteiger partial charge in [-0.3, -0.25) is 15.1 Å². The van der Waals surface area contributed by atoms with E-state index in [4.69, 9.17) is 4.84 Å². The Bertz CT molecular complexity index is 865. The zero-order valence-electron chi connectivity index (χ0n) is 13.6. The molecule has 0 saturated carbocycles. The molecule has 25 heavy (non-hydrogen) atoms. The van der Waals surface area contributed by atoms with Crippen LogP contribution in [-0.4, -0.2) is 13.0 Å². The third-order valence-corrected chi connectivity index (χ3v) is 4.19. The molecule has 3 rings (SSSR count). The first-order valence-electron chi connectivity index (χ1n) is 7.73. The Morgan fingerprint density at radius 2 is 1.56 bits per heavy atom. The summed E-state index contributed by atoms with van der Waals surface area (Å²) >= 11 is 3.40. The fourth-order valence-corrected chi connectivity index (χ4v) is 2.82. The van der Waals surface area contributed by atoms with E-state index in [-0.39, 0.29) is 5.91 Å². The van der Waals surface area contributed by atoms with Crippen molar-refractivity contribution in [1.29, 1.82) is 0 Å². The molecule has 0 aromatic heterocycles. The van der Waals surface area contributed by atoms with Gasteiger partial charge in [-0.2, -0.15) is 0 Å². The van der Waals surface area contributed by atoms with E-state index in [2.05, 4.69) is 26.7 Å². The minimum atomic E-state index is -0.180. The lowest BCUT2D eigenvalue weighted by Crippen LogP contribution is -2.13. The first-order valence-corrected chi connectivity index (χ1v) is 8.52. The number of carbonyl (C=O) groups excluding carboxylic acids is 1. The second kappa shape index (κ2) is 7.96. The van der Waals surface area contributed by atoms with Gasteiger partial charge in [0, 0.05) is 10.0 Å². The van der Waals surface area contributed by atoms with Gasteiger partial charge in [0.1, 0.15) is 0 Å². The molecule has 0 aliphatic carbocycles. The van der Waals surface area contributed by atoms with Gasteiger partial charge in [0.15, 0.2) is 0 Å². The van der Waals surface area contributed by atoms with Gasteiger partial charge in [-0.15, -0.1) is 0 Å². The Kier molecular flexibility index (Phi) is 5.48. The molecule has 0 heterocycles. The van der Waals surface area contributed by atoms with Gasteiger partial charge in [-0.05, 0) is 41.5 Å². The van der Waals surface area contributed by atoms with Gasteiger partial charge in [0.2, 0.25) is 0 Å². The van der Waals surface area contributed by atoms with Crippen molar-refractivity contribution in [2.24, 2.45) is 0 Å². The highest BCUT2D eigenvalue weighted by Crippen LogP contribution is 2.27. The van der Waals surface area contributed by atoms with Crippen molar-refractivity contribution < 1.29 is 9.63 Å². The van der Waals surface area contributed by atoms with Crippen molar-refractivity contribution in [3.8, 4) is 11.1 Å². The van der Waals surface area contributed by atoms with Gasteiger partial charge in [-0.25, -0.2) is 0 Å². The lowest BCUT2D eigenvalue weighted by atomic mass is 10.0. The molecule has 4 nitrogen and oxygen atoms in total. The molecule has 0 unspecified atom stereocenters. The summed E-state index contributed by atoms with van der Waals surface area (Å²) in [5.41, 5.74) is 6.85. The van der Waals surface area contributed by atoms with E-state index in [1.165, 1.54) is 7.11 Å². The quantitative estimate of drug-likeness (QED) is 0.572. The molecule has 0 spiro atoms. The van der Waals surface area contributed by atoms with E-state index in [0.29, 0.717) is 16.9 Å². The maximum atomic E-state index is 12.5. The summed E-state index contributed by atoms with van der Waals surface area (Å²) < 4.78 is 0.886. The van der Waals surface area contributed by atoms with E-state index < -0.39 is 0 Å². The zero-order valence-corrected chi connectivity index (χ0v) is 15.2. The number of rotatable bonds is 5. The summed E-state index contributed by atoms with van der Waals surface area (Å²) in [5.74, 6) is -0.180. The predicted octanol–water partition coefficient (Wildman–Crippen LogP) is 5.34. The van der Waals surface area contributed by atoms with Crippen LogP contribution >= 0.6 is 15.9 Å². The minimum absolute atomic E-state index is 0.180. The van der Waals surface area contributed by atoms with E-state index >= 15 is 0 Å². The second-order valence-corrected chi connectivity index (χ2v) is 6.31. The molecule has 126 valence electrons. The van der Waals surface area contributed by atoms with Crippen molar-refractivity contribution >= 4 is 33.2 Å². The van der Waals surface area contributed by atoms with E-state index in [9.17, 15) is 4.79 Å². The summed E-state index contributed by atoms with van der Waals surface area (Å²) in [6, 6.07) is 23.1. The monoisotopic (exact) mass is 396 g/mol. The first kappa shape index (κ1) is 17.2. The summed E-state index contributed by atoms with van der Waals surface area (Å²) in [6.45, 7) is 0. The highest BCUT2D eigenvalue weighted by Gasteiger charge is 2.10. The average molecular weight is 397 g/mol. The molecule has 0 aliphatic heterocycles. The SMILES string of the molecule is CONc1cc(Br)ccc1NC(=O)c1ccc(-c2ccccc2)cc1. The third-order valence-electron chi connectivity index (χ3n) is 3.70. The second-order valence-electron chi connectivity index (χ2n) is 5.39. The number of benzene rings is 3. The summed E-state index contributed by atoms with van der Waals surface area (Å²) in [6.07, 6.45) is 0. The number of hydrogen-bond donors (Lipinski definition) is 2. The van der Waals surface area contributed by atoms with E-state index in [1.807, 2.05) is 72.8 Å².